The molecule has 0 spiro atoms. The molecule has 1 aliphatic rings. The molecule has 0 bridgehead atoms. The van der Waals surface area contributed by atoms with Crippen LogP contribution in [0.2, 0.25) is 0 Å². The van der Waals surface area contributed by atoms with Crippen molar-refractivity contribution in [1.29, 1.82) is 0 Å². The number of hydrogen-bond acceptors (Lipinski definition) is 4. The molecule has 0 amide bonds. The molecule has 5 nitrogen and oxygen atoms in total. The SMILES string of the molecule is [2H]C([2H])([2H])c1cc(-c2ccccc2)ccc1-c1cccc(-c2cc(C(C)(C)C)cc(C(C)(C)C)c2)c1N1CN(c2cccc(Oc3ccc4c5ccccc5n(-c5cc(C(C)(C)C)ccn5)c4c3)c2)c2ccccc21. The number of pyridine rings is 1. The molecular weight excluding hydrogens is 877 g/mol. The molecule has 5 heteroatoms. The Kier molecular flexibility index (Phi) is 10.6. The Balaban J connectivity index is 1.04. The Hall–Kier alpha value is -7.89. The minimum atomic E-state index is -2.40. The third kappa shape index (κ3) is 8.61. The number of nitrogens with zero attached hydrogens (tertiary/aromatic N) is 4. The Labute approximate surface area is 430 Å². The molecular formula is C67H64N4O. The summed E-state index contributed by atoms with van der Waals surface area (Å²) in [5, 5.41) is 2.28. The van der Waals surface area contributed by atoms with E-state index in [0.717, 1.165) is 78.2 Å². The molecule has 0 atom stereocenters. The first-order valence-electron chi connectivity index (χ1n) is 26.6. The van der Waals surface area contributed by atoms with Gasteiger partial charge in [0.25, 0.3) is 0 Å². The number of hydrogen-bond donors (Lipinski definition) is 0. The van der Waals surface area contributed by atoms with Gasteiger partial charge in [0.05, 0.1) is 28.1 Å². The first-order chi connectivity index (χ1) is 35.7. The normalized spacial score (nSPS) is 13.8. The molecule has 0 saturated carbocycles. The summed E-state index contributed by atoms with van der Waals surface area (Å²) in [6.45, 7) is 18.3. The highest BCUT2D eigenvalue weighted by molar-refractivity contribution is 6.09. The summed E-state index contributed by atoms with van der Waals surface area (Å²) >= 11 is 0. The van der Waals surface area contributed by atoms with E-state index >= 15 is 0 Å². The zero-order valence-corrected chi connectivity index (χ0v) is 42.9. The van der Waals surface area contributed by atoms with Crippen LogP contribution in [0, 0.1) is 6.85 Å². The lowest BCUT2D eigenvalue weighted by atomic mass is 9.78. The molecule has 10 aromatic rings. The van der Waals surface area contributed by atoms with E-state index in [4.69, 9.17) is 13.8 Å². The third-order valence-electron chi connectivity index (χ3n) is 14.3. The van der Waals surface area contributed by atoms with Crippen LogP contribution in [-0.4, -0.2) is 16.2 Å². The highest BCUT2D eigenvalue weighted by Crippen LogP contribution is 2.52. The second-order valence-corrected chi connectivity index (χ2v) is 22.4. The molecule has 0 fully saturated rings. The van der Waals surface area contributed by atoms with Gasteiger partial charge in [-0.15, -0.1) is 0 Å². The molecule has 0 radical (unpaired) electrons. The molecule has 0 saturated heterocycles. The number of benzene rings is 8. The average Bonchev–Trinajstić information content (AvgIpc) is 3.95. The van der Waals surface area contributed by atoms with Gasteiger partial charge in [0.15, 0.2) is 0 Å². The van der Waals surface area contributed by atoms with Crippen LogP contribution >= 0.6 is 0 Å². The van der Waals surface area contributed by atoms with Gasteiger partial charge >= 0.3 is 0 Å². The van der Waals surface area contributed by atoms with Crippen molar-refractivity contribution in [3.8, 4) is 50.7 Å². The number of ether oxygens (including phenoxy) is 1. The minimum Gasteiger partial charge on any atom is -0.457 e. The maximum Gasteiger partial charge on any atom is 0.137 e. The van der Waals surface area contributed by atoms with E-state index in [1.807, 2.05) is 54.7 Å². The summed E-state index contributed by atoms with van der Waals surface area (Å²) in [7, 11) is 0. The van der Waals surface area contributed by atoms with E-state index in [9.17, 15) is 0 Å². The second-order valence-electron chi connectivity index (χ2n) is 22.4. The molecule has 72 heavy (non-hydrogen) atoms. The molecule has 358 valence electrons. The molecule has 2 aromatic heterocycles. The minimum absolute atomic E-state index is 0.0409. The van der Waals surface area contributed by atoms with Gasteiger partial charge < -0.3 is 14.5 Å². The van der Waals surface area contributed by atoms with Crippen LogP contribution in [0.15, 0.2) is 194 Å². The monoisotopic (exact) mass is 944 g/mol. The second kappa shape index (κ2) is 17.8. The van der Waals surface area contributed by atoms with Crippen LogP contribution in [0.25, 0.3) is 61.0 Å². The summed E-state index contributed by atoms with van der Waals surface area (Å²) in [6, 6.07) is 65.3. The topological polar surface area (TPSA) is 33.5 Å². The van der Waals surface area contributed by atoms with Crippen LogP contribution in [0.5, 0.6) is 11.5 Å². The molecule has 0 N–H and O–H groups in total. The van der Waals surface area contributed by atoms with Gasteiger partial charge in [-0.1, -0.05) is 184 Å². The average molecular weight is 944 g/mol. The lowest BCUT2D eigenvalue weighted by Crippen LogP contribution is -2.25. The van der Waals surface area contributed by atoms with Crippen molar-refractivity contribution in [2.45, 2.75) is 85.4 Å². The summed E-state index contributed by atoms with van der Waals surface area (Å²) in [6.07, 6.45) is 1.91. The van der Waals surface area contributed by atoms with E-state index in [-0.39, 0.29) is 16.2 Å². The molecule has 0 unspecified atom stereocenters. The standard InChI is InChI=1S/C67H64N4O/c1-44-36-46(45-20-12-11-13-21-45)30-32-54(44)58-26-19-25-55(47-37-49(66(5,6)7)39-50(38-47)67(8,9)10)64(58)70-43-69(60-28-16-17-29-61(60)70)51-22-18-23-52(41-51)72-53-31-33-57-56-24-14-15-27-59(56)71(62(57)42-53)63-40-48(34-35-68-63)65(2,3)4/h11-42H,43H2,1-10H3/i1D3. The van der Waals surface area contributed by atoms with E-state index in [1.54, 1.807) is 0 Å². The zero-order valence-electron chi connectivity index (χ0n) is 45.9. The molecule has 3 heterocycles. The quantitative estimate of drug-likeness (QED) is 0.152. The Morgan fingerprint density at radius 2 is 1.11 bits per heavy atom. The lowest BCUT2D eigenvalue weighted by molar-refractivity contribution is 0.483. The number of aromatic nitrogens is 2. The maximum absolute atomic E-state index is 9.01. The largest absolute Gasteiger partial charge is 0.457 e. The van der Waals surface area contributed by atoms with Gasteiger partial charge in [0, 0.05) is 50.0 Å². The van der Waals surface area contributed by atoms with E-state index < -0.39 is 6.85 Å². The first kappa shape index (κ1) is 42.9. The van der Waals surface area contributed by atoms with Crippen molar-refractivity contribution < 1.29 is 8.85 Å². The predicted octanol–water partition coefficient (Wildman–Crippen LogP) is 18.4. The van der Waals surface area contributed by atoms with Gasteiger partial charge in [-0.3, -0.25) is 4.57 Å². The van der Waals surface area contributed by atoms with Crippen LogP contribution in [-0.2, 0) is 16.2 Å². The van der Waals surface area contributed by atoms with Gasteiger partial charge in [-0.2, -0.15) is 0 Å². The summed E-state index contributed by atoms with van der Waals surface area (Å²) in [4.78, 5) is 9.60. The summed E-state index contributed by atoms with van der Waals surface area (Å²) < 4.78 is 36.1. The fraction of sp³-hybridized carbons (Fsp3) is 0.209. The van der Waals surface area contributed by atoms with Crippen molar-refractivity contribution in [1.82, 2.24) is 9.55 Å². The van der Waals surface area contributed by atoms with Gasteiger partial charge in [-0.25, -0.2) is 4.98 Å². The molecule has 0 aliphatic carbocycles. The van der Waals surface area contributed by atoms with Gasteiger partial charge in [-0.05, 0) is 122 Å². The van der Waals surface area contributed by atoms with E-state index in [0.29, 0.717) is 29.3 Å². The van der Waals surface area contributed by atoms with E-state index in [2.05, 4.69) is 216 Å². The van der Waals surface area contributed by atoms with Crippen LogP contribution in [0.1, 0.15) is 88.7 Å². The zero-order chi connectivity index (χ0) is 52.6. The first-order valence-corrected chi connectivity index (χ1v) is 25.1. The number of para-hydroxylation sites is 4. The van der Waals surface area contributed by atoms with E-state index in [1.165, 1.54) is 16.7 Å². The Bertz CT molecular complexity index is 3760. The van der Waals surface area contributed by atoms with Crippen LogP contribution in [0.3, 0.4) is 0 Å². The number of anilines is 4. The fourth-order valence-corrected chi connectivity index (χ4v) is 10.3. The van der Waals surface area contributed by atoms with Crippen molar-refractivity contribution in [2.75, 3.05) is 16.5 Å². The number of rotatable bonds is 8. The maximum atomic E-state index is 9.01. The van der Waals surface area contributed by atoms with Crippen LogP contribution in [0.4, 0.5) is 22.7 Å². The summed E-state index contributed by atoms with van der Waals surface area (Å²) in [5.74, 6) is 2.28. The third-order valence-corrected chi connectivity index (χ3v) is 14.3. The number of fused-ring (bicyclic) bond motifs is 4. The van der Waals surface area contributed by atoms with Gasteiger partial charge in [0.1, 0.15) is 24.0 Å². The van der Waals surface area contributed by atoms with Crippen molar-refractivity contribution in [3.05, 3.63) is 217 Å². The lowest BCUT2D eigenvalue weighted by Gasteiger charge is -2.30. The number of aryl methyl sites for hydroxylation is 1. The van der Waals surface area contributed by atoms with Crippen molar-refractivity contribution in [3.63, 3.8) is 0 Å². The molecule has 8 aromatic carbocycles. The highest BCUT2D eigenvalue weighted by Gasteiger charge is 2.33. The summed E-state index contributed by atoms with van der Waals surface area (Å²) in [5.41, 5.74) is 15.2. The van der Waals surface area contributed by atoms with Crippen molar-refractivity contribution >= 4 is 44.6 Å². The highest BCUT2D eigenvalue weighted by atomic mass is 16.5. The van der Waals surface area contributed by atoms with Gasteiger partial charge in [0.2, 0.25) is 0 Å². The Morgan fingerprint density at radius 3 is 1.85 bits per heavy atom. The Morgan fingerprint density at radius 1 is 0.458 bits per heavy atom. The van der Waals surface area contributed by atoms with Crippen molar-refractivity contribution in [2.24, 2.45) is 0 Å². The molecule has 11 rings (SSSR count). The molecule has 1 aliphatic heterocycles. The predicted molar refractivity (Wildman–Crippen MR) is 304 cm³/mol. The van der Waals surface area contributed by atoms with Crippen LogP contribution < -0.4 is 14.5 Å². The fourth-order valence-electron chi connectivity index (χ4n) is 10.3. The smallest absolute Gasteiger partial charge is 0.137 e.